The molecule has 0 spiro atoms. The van der Waals surface area contributed by atoms with Crippen LogP contribution in [0.2, 0.25) is 0 Å². The Bertz CT molecular complexity index is 511. The van der Waals surface area contributed by atoms with Crippen molar-refractivity contribution in [2.24, 2.45) is 27.4 Å². The van der Waals surface area contributed by atoms with Gasteiger partial charge in [0.15, 0.2) is 0 Å². The first-order valence-electron chi connectivity index (χ1n) is 5.90. The number of aliphatic imine (C=N–C) groups is 2. The zero-order valence-corrected chi connectivity index (χ0v) is 10.6. The summed E-state index contributed by atoms with van der Waals surface area (Å²) in [6, 6.07) is 3.94. The number of amidine groups is 1. The topological polar surface area (TPSA) is 97.0 Å². The average Bonchev–Trinajstić information content (AvgIpc) is 2.29. The summed E-state index contributed by atoms with van der Waals surface area (Å²) in [6.07, 6.45) is 0.758. The Morgan fingerprint density at radius 3 is 2.44 bits per heavy atom. The third-order valence-electron chi connectivity index (χ3n) is 3.17. The molecule has 0 radical (unpaired) electrons. The molecule has 2 rings (SSSR count). The van der Waals surface area contributed by atoms with E-state index < -0.39 is 0 Å². The summed E-state index contributed by atoms with van der Waals surface area (Å²) >= 11 is 0. The minimum absolute atomic E-state index is 0.0839. The molecule has 1 unspecified atom stereocenters. The molecule has 1 atom stereocenters. The Morgan fingerprint density at radius 1 is 1.28 bits per heavy atom. The second-order valence-electron chi connectivity index (χ2n) is 4.71. The third kappa shape index (κ3) is 2.45. The van der Waals surface area contributed by atoms with Gasteiger partial charge in [0, 0.05) is 5.92 Å². The van der Waals surface area contributed by atoms with Crippen LogP contribution in [-0.2, 0) is 6.42 Å². The van der Waals surface area contributed by atoms with E-state index in [-0.39, 0.29) is 11.9 Å². The molecular weight excluding hydrogens is 228 g/mol. The molecule has 0 aromatic heterocycles. The van der Waals surface area contributed by atoms with Crippen molar-refractivity contribution in [1.29, 1.82) is 0 Å². The van der Waals surface area contributed by atoms with Gasteiger partial charge in [0.1, 0.15) is 11.6 Å². The molecule has 5 nitrogen and oxygen atoms in total. The van der Waals surface area contributed by atoms with Gasteiger partial charge in [-0.1, -0.05) is 12.1 Å². The maximum atomic E-state index is 9.74. The molecule has 0 aliphatic carbocycles. The number of benzene rings is 1. The molecule has 1 heterocycles. The molecule has 5 heteroatoms. The second kappa shape index (κ2) is 4.68. The Labute approximate surface area is 106 Å². The highest BCUT2D eigenvalue weighted by Crippen LogP contribution is 2.24. The highest BCUT2D eigenvalue weighted by atomic mass is 16.3. The van der Waals surface area contributed by atoms with Gasteiger partial charge in [0.25, 0.3) is 0 Å². The van der Waals surface area contributed by atoms with E-state index in [1.165, 1.54) is 0 Å². The quantitative estimate of drug-likeness (QED) is 0.721. The number of hydrogen-bond acceptors (Lipinski definition) is 5. The molecule has 0 bridgehead atoms. The van der Waals surface area contributed by atoms with Crippen molar-refractivity contribution in [3.05, 3.63) is 28.8 Å². The molecule has 96 valence electrons. The van der Waals surface area contributed by atoms with Gasteiger partial charge >= 0.3 is 0 Å². The van der Waals surface area contributed by atoms with Gasteiger partial charge in [-0.3, -0.25) is 4.99 Å². The first-order chi connectivity index (χ1) is 8.47. The SMILES string of the molecule is Cc1cc(CC2CN=C(N)N=C2N)cc(C)c1O. The lowest BCUT2D eigenvalue weighted by Crippen LogP contribution is -2.34. The molecule has 0 saturated carbocycles. The van der Waals surface area contributed by atoms with Crippen molar-refractivity contribution in [3.63, 3.8) is 0 Å². The summed E-state index contributed by atoms with van der Waals surface area (Å²) in [6.45, 7) is 4.35. The van der Waals surface area contributed by atoms with E-state index in [0.29, 0.717) is 18.1 Å². The molecule has 5 N–H and O–H groups in total. The van der Waals surface area contributed by atoms with Crippen LogP contribution in [0.1, 0.15) is 16.7 Å². The van der Waals surface area contributed by atoms with Crippen molar-refractivity contribution in [3.8, 4) is 5.75 Å². The predicted octanol–water partition coefficient (Wildman–Crippen LogP) is 0.853. The largest absolute Gasteiger partial charge is 0.507 e. The minimum Gasteiger partial charge on any atom is -0.507 e. The van der Waals surface area contributed by atoms with Gasteiger partial charge in [-0.05, 0) is 37.0 Å². The van der Waals surface area contributed by atoms with E-state index in [4.69, 9.17) is 11.5 Å². The van der Waals surface area contributed by atoms with Crippen LogP contribution in [0.15, 0.2) is 22.1 Å². The second-order valence-corrected chi connectivity index (χ2v) is 4.71. The van der Waals surface area contributed by atoms with Gasteiger partial charge in [-0.2, -0.15) is 0 Å². The zero-order valence-electron chi connectivity index (χ0n) is 10.6. The van der Waals surface area contributed by atoms with Crippen LogP contribution in [0, 0.1) is 19.8 Å². The van der Waals surface area contributed by atoms with Crippen LogP contribution in [0.25, 0.3) is 0 Å². The Balaban J connectivity index is 2.19. The average molecular weight is 246 g/mol. The minimum atomic E-state index is 0.0839. The lowest BCUT2D eigenvalue weighted by atomic mass is 9.95. The molecule has 1 aromatic rings. The fourth-order valence-electron chi connectivity index (χ4n) is 2.17. The number of aryl methyl sites for hydroxylation is 2. The summed E-state index contributed by atoms with van der Waals surface area (Å²) in [7, 11) is 0. The van der Waals surface area contributed by atoms with Crippen LogP contribution in [0.3, 0.4) is 0 Å². The molecular formula is C13H18N4O. The maximum absolute atomic E-state index is 9.74. The standard InChI is InChI=1S/C13H18N4O/c1-7-3-9(4-8(2)11(7)18)5-10-6-16-13(15)17-12(10)14/h3-4,10,18H,5-6H2,1-2H3,(H4,14,15,16,17). The number of rotatable bonds is 2. The van der Waals surface area contributed by atoms with E-state index in [1.807, 2.05) is 26.0 Å². The highest BCUT2D eigenvalue weighted by Gasteiger charge is 2.18. The van der Waals surface area contributed by atoms with E-state index >= 15 is 0 Å². The van der Waals surface area contributed by atoms with Crippen LogP contribution in [0.5, 0.6) is 5.75 Å². The number of nitrogens with zero attached hydrogens (tertiary/aromatic N) is 2. The summed E-state index contributed by atoms with van der Waals surface area (Å²) < 4.78 is 0. The number of phenolic OH excluding ortho intramolecular Hbond substituents is 1. The van der Waals surface area contributed by atoms with Gasteiger partial charge in [0.05, 0.1) is 6.54 Å². The summed E-state index contributed by atoms with van der Waals surface area (Å²) in [5, 5.41) is 9.74. The Kier molecular flexibility index (Phi) is 3.23. The van der Waals surface area contributed by atoms with Crippen molar-refractivity contribution < 1.29 is 5.11 Å². The summed E-state index contributed by atoms with van der Waals surface area (Å²) in [5.41, 5.74) is 14.2. The zero-order chi connectivity index (χ0) is 13.3. The molecule has 1 aromatic carbocycles. The van der Waals surface area contributed by atoms with Gasteiger partial charge in [-0.25, -0.2) is 4.99 Å². The lowest BCUT2D eigenvalue weighted by molar-refractivity contribution is 0.466. The molecule has 1 aliphatic heterocycles. The molecule has 18 heavy (non-hydrogen) atoms. The summed E-state index contributed by atoms with van der Waals surface area (Å²) in [5.74, 6) is 1.22. The van der Waals surface area contributed by atoms with E-state index in [1.54, 1.807) is 0 Å². The van der Waals surface area contributed by atoms with Crippen LogP contribution >= 0.6 is 0 Å². The smallest absolute Gasteiger partial charge is 0.217 e. The number of hydrogen-bond donors (Lipinski definition) is 3. The number of guanidine groups is 1. The molecule has 0 amide bonds. The Hall–Kier alpha value is -2.04. The monoisotopic (exact) mass is 246 g/mol. The van der Waals surface area contributed by atoms with E-state index in [0.717, 1.165) is 23.1 Å². The van der Waals surface area contributed by atoms with Crippen LogP contribution in [-0.4, -0.2) is 23.4 Å². The fourth-order valence-corrected chi connectivity index (χ4v) is 2.17. The Morgan fingerprint density at radius 2 is 1.89 bits per heavy atom. The van der Waals surface area contributed by atoms with Crippen LogP contribution in [0.4, 0.5) is 0 Å². The maximum Gasteiger partial charge on any atom is 0.217 e. The lowest BCUT2D eigenvalue weighted by Gasteiger charge is -2.18. The number of nitrogens with two attached hydrogens (primary N) is 2. The highest BCUT2D eigenvalue weighted by molar-refractivity contribution is 5.97. The normalized spacial score (nSPS) is 19.3. The van der Waals surface area contributed by atoms with Crippen LogP contribution < -0.4 is 11.5 Å². The molecule has 0 fully saturated rings. The van der Waals surface area contributed by atoms with Crippen molar-refractivity contribution in [2.45, 2.75) is 20.3 Å². The van der Waals surface area contributed by atoms with E-state index in [9.17, 15) is 5.11 Å². The molecule has 0 saturated heterocycles. The first kappa shape index (κ1) is 12.4. The number of aromatic hydroxyl groups is 1. The fraction of sp³-hybridized carbons (Fsp3) is 0.385. The van der Waals surface area contributed by atoms with Crippen molar-refractivity contribution in [1.82, 2.24) is 0 Å². The van der Waals surface area contributed by atoms with E-state index in [2.05, 4.69) is 9.98 Å². The molecule has 1 aliphatic rings. The number of phenols is 1. The van der Waals surface area contributed by atoms with Gasteiger partial charge < -0.3 is 16.6 Å². The summed E-state index contributed by atoms with van der Waals surface area (Å²) in [4.78, 5) is 8.09. The third-order valence-corrected chi connectivity index (χ3v) is 3.17. The van der Waals surface area contributed by atoms with Crippen molar-refractivity contribution in [2.75, 3.05) is 6.54 Å². The van der Waals surface area contributed by atoms with Gasteiger partial charge in [0.2, 0.25) is 5.96 Å². The first-order valence-corrected chi connectivity index (χ1v) is 5.90. The van der Waals surface area contributed by atoms with Crippen molar-refractivity contribution >= 4 is 11.8 Å². The predicted molar refractivity (Wildman–Crippen MR) is 72.9 cm³/mol. The van der Waals surface area contributed by atoms with Gasteiger partial charge in [-0.15, -0.1) is 0 Å².